The summed E-state index contributed by atoms with van der Waals surface area (Å²) in [7, 11) is 1.58. The minimum atomic E-state index is -0.161. The van der Waals surface area contributed by atoms with Gasteiger partial charge in [-0.15, -0.1) is 0 Å². The number of aromatic amines is 1. The van der Waals surface area contributed by atoms with E-state index in [1.165, 1.54) is 24.1 Å². The molecule has 6 nitrogen and oxygen atoms in total. The van der Waals surface area contributed by atoms with Crippen molar-refractivity contribution in [1.82, 2.24) is 4.98 Å². The number of benzene rings is 2. The average molecular weight is 403 g/mol. The summed E-state index contributed by atoms with van der Waals surface area (Å²) in [5.74, 6) is 0.523. The number of carbonyl (C=O) groups excluding carboxylic acids is 2. The van der Waals surface area contributed by atoms with E-state index in [1.54, 1.807) is 18.1 Å². The predicted octanol–water partition coefficient (Wildman–Crippen LogP) is 4.43. The summed E-state index contributed by atoms with van der Waals surface area (Å²) in [4.78, 5) is 30.4. The van der Waals surface area contributed by atoms with E-state index in [-0.39, 0.29) is 11.8 Å². The van der Waals surface area contributed by atoms with Gasteiger partial charge in [-0.3, -0.25) is 9.59 Å². The summed E-state index contributed by atoms with van der Waals surface area (Å²) in [5, 5.41) is 4.14. The normalized spacial score (nSPS) is 16.0. The fraction of sp³-hybridized carbons (Fsp3) is 0.333. The Balaban J connectivity index is 1.44. The number of carbonyl (C=O) groups is 2. The van der Waals surface area contributed by atoms with Gasteiger partial charge in [-0.25, -0.2) is 0 Å². The van der Waals surface area contributed by atoms with E-state index < -0.39 is 0 Å². The Kier molecular flexibility index (Phi) is 4.69. The first kappa shape index (κ1) is 18.7. The Morgan fingerprint density at radius 3 is 2.77 bits per heavy atom. The van der Waals surface area contributed by atoms with Gasteiger partial charge in [0, 0.05) is 35.8 Å². The monoisotopic (exact) mass is 403 g/mol. The highest BCUT2D eigenvalue weighted by Gasteiger charge is 2.25. The highest BCUT2D eigenvalue weighted by atomic mass is 16.5. The van der Waals surface area contributed by atoms with Gasteiger partial charge in [0.15, 0.2) is 0 Å². The number of anilines is 2. The number of nitrogens with one attached hydrogen (secondary N) is 2. The molecule has 0 spiro atoms. The molecule has 1 aliphatic heterocycles. The van der Waals surface area contributed by atoms with Crippen molar-refractivity contribution in [3.63, 3.8) is 0 Å². The third-order valence-corrected chi connectivity index (χ3v) is 6.18. The van der Waals surface area contributed by atoms with Crippen molar-refractivity contribution in [2.75, 3.05) is 23.9 Å². The summed E-state index contributed by atoms with van der Waals surface area (Å²) in [6.07, 6.45) is 5.90. The molecule has 1 saturated heterocycles. The molecule has 5 rings (SSSR count). The minimum Gasteiger partial charge on any atom is -0.494 e. The Hall–Kier alpha value is -3.28. The third-order valence-electron chi connectivity index (χ3n) is 6.18. The van der Waals surface area contributed by atoms with Crippen LogP contribution < -0.4 is 15.0 Å². The maximum absolute atomic E-state index is 13.1. The number of nitrogens with zero attached hydrogens (tertiary/aromatic N) is 1. The zero-order chi connectivity index (χ0) is 20.7. The number of para-hydroxylation sites is 1. The van der Waals surface area contributed by atoms with E-state index in [0.717, 1.165) is 35.9 Å². The van der Waals surface area contributed by atoms with Crippen LogP contribution in [0.1, 0.15) is 47.3 Å². The first-order valence-corrected chi connectivity index (χ1v) is 10.6. The number of hydrogen-bond acceptors (Lipinski definition) is 3. The molecular formula is C24H25N3O3. The van der Waals surface area contributed by atoms with Gasteiger partial charge in [-0.05, 0) is 55.9 Å². The molecule has 2 amide bonds. The molecule has 1 fully saturated rings. The maximum Gasteiger partial charge on any atom is 0.257 e. The fourth-order valence-corrected chi connectivity index (χ4v) is 4.70. The van der Waals surface area contributed by atoms with E-state index in [4.69, 9.17) is 4.74 Å². The van der Waals surface area contributed by atoms with Crippen molar-refractivity contribution in [2.45, 2.75) is 38.5 Å². The van der Waals surface area contributed by atoms with Crippen LogP contribution in [0.2, 0.25) is 0 Å². The van der Waals surface area contributed by atoms with E-state index in [2.05, 4.69) is 16.4 Å². The molecule has 2 heterocycles. The zero-order valence-corrected chi connectivity index (χ0v) is 17.1. The van der Waals surface area contributed by atoms with Gasteiger partial charge >= 0.3 is 0 Å². The predicted molar refractivity (Wildman–Crippen MR) is 117 cm³/mol. The van der Waals surface area contributed by atoms with Crippen LogP contribution in [0.3, 0.4) is 0 Å². The summed E-state index contributed by atoms with van der Waals surface area (Å²) in [6, 6.07) is 11.3. The molecule has 2 N–H and O–H groups in total. The third kappa shape index (κ3) is 3.12. The Labute approximate surface area is 175 Å². The van der Waals surface area contributed by atoms with Crippen LogP contribution in [0.5, 0.6) is 5.75 Å². The molecule has 0 radical (unpaired) electrons. The number of H-pyrrole nitrogens is 1. The van der Waals surface area contributed by atoms with E-state index in [1.807, 2.05) is 24.3 Å². The van der Waals surface area contributed by atoms with Crippen molar-refractivity contribution in [3.8, 4) is 5.75 Å². The molecule has 0 bridgehead atoms. The van der Waals surface area contributed by atoms with Gasteiger partial charge in [-0.1, -0.05) is 12.1 Å². The van der Waals surface area contributed by atoms with Gasteiger partial charge in [0.05, 0.1) is 23.9 Å². The number of amides is 2. The molecule has 0 atom stereocenters. The maximum atomic E-state index is 13.1. The molecule has 6 heteroatoms. The van der Waals surface area contributed by atoms with Gasteiger partial charge < -0.3 is 19.9 Å². The zero-order valence-electron chi connectivity index (χ0n) is 17.1. The van der Waals surface area contributed by atoms with Crippen LogP contribution in [0, 0.1) is 0 Å². The van der Waals surface area contributed by atoms with Gasteiger partial charge in [-0.2, -0.15) is 0 Å². The van der Waals surface area contributed by atoms with Crippen LogP contribution in [0.15, 0.2) is 36.4 Å². The topological polar surface area (TPSA) is 74.4 Å². The van der Waals surface area contributed by atoms with Crippen LogP contribution in [0.25, 0.3) is 10.9 Å². The lowest BCUT2D eigenvalue weighted by atomic mass is 9.95. The second-order valence-corrected chi connectivity index (χ2v) is 8.01. The largest absolute Gasteiger partial charge is 0.494 e. The summed E-state index contributed by atoms with van der Waals surface area (Å²) in [6.45, 7) is 0.695. The van der Waals surface area contributed by atoms with Crippen molar-refractivity contribution in [1.29, 1.82) is 0 Å². The first-order valence-electron chi connectivity index (χ1n) is 10.6. The second-order valence-electron chi connectivity index (χ2n) is 8.01. The summed E-state index contributed by atoms with van der Waals surface area (Å²) >= 11 is 0. The van der Waals surface area contributed by atoms with Crippen molar-refractivity contribution in [3.05, 3.63) is 53.2 Å². The number of methoxy groups -OCH3 is 1. The van der Waals surface area contributed by atoms with Crippen LogP contribution in [0.4, 0.5) is 11.4 Å². The molecule has 154 valence electrons. The van der Waals surface area contributed by atoms with Crippen molar-refractivity contribution >= 4 is 34.1 Å². The van der Waals surface area contributed by atoms with Crippen LogP contribution in [-0.4, -0.2) is 30.5 Å². The number of ether oxygens (including phenoxy) is 1. The Morgan fingerprint density at radius 2 is 1.97 bits per heavy atom. The van der Waals surface area contributed by atoms with Gasteiger partial charge in [0.25, 0.3) is 5.91 Å². The molecule has 0 unspecified atom stereocenters. The number of fused-ring (bicyclic) bond motifs is 3. The number of aryl methyl sites for hydroxylation is 2. The molecule has 1 aliphatic carbocycles. The first-order chi connectivity index (χ1) is 14.7. The van der Waals surface area contributed by atoms with E-state index in [9.17, 15) is 9.59 Å². The fourth-order valence-electron chi connectivity index (χ4n) is 4.70. The highest BCUT2D eigenvalue weighted by molar-refractivity contribution is 6.13. The van der Waals surface area contributed by atoms with Gasteiger partial charge in [0.1, 0.15) is 5.75 Å². The number of aromatic nitrogens is 1. The lowest BCUT2D eigenvalue weighted by Gasteiger charge is -2.19. The minimum absolute atomic E-state index is 0.104. The number of hydrogen-bond donors (Lipinski definition) is 2. The highest BCUT2D eigenvalue weighted by Crippen LogP contribution is 2.35. The number of rotatable bonds is 4. The summed E-state index contributed by atoms with van der Waals surface area (Å²) in [5.41, 5.74) is 5.55. The molecule has 3 aromatic rings. The van der Waals surface area contributed by atoms with E-state index in [0.29, 0.717) is 30.0 Å². The quantitative estimate of drug-likeness (QED) is 0.677. The Morgan fingerprint density at radius 1 is 1.10 bits per heavy atom. The average Bonchev–Trinajstić information content (AvgIpc) is 3.36. The standard InChI is InChI=1S/C24H25N3O3/c1-30-21-14-15(11-12-20(21)27-13-5-10-22(27)28)25-24(29)18-8-4-7-17-16-6-2-3-9-19(16)26-23(17)18/h4,7-8,11-12,14,26H,2-3,5-6,9-10,13H2,1H3,(H,25,29). The summed E-state index contributed by atoms with van der Waals surface area (Å²) < 4.78 is 5.51. The van der Waals surface area contributed by atoms with Crippen LogP contribution in [-0.2, 0) is 17.6 Å². The molecule has 1 aromatic heterocycles. The molecule has 2 aliphatic rings. The SMILES string of the molecule is COc1cc(NC(=O)c2cccc3c4c([nH]c23)CCCC4)ccc1N1CCCC1=O. The lowest BCUT2D eigenvalue weighted by Crippen LogP contribution is -2.24. The lowest BCUT2D eigenvalue weighted by molar-refractivity contribution is -0.117. The second kappa shape index (κ2) is 7.52. The van der Waals surface area contributed by atoms with E-state index >= 15 is 0 Å². The molecule has 0 saturated carbocycles. The molecular weight excluding hydrogens is 378 g/mol. The van der Waals surface area contributed by atoms with Crippen LogP contribution >= 0.6 is 0 Å². The van der Waals surface area contributed by atoms with Crippen molar-refractivity contribution in [2.24, 2.45) is 0 Å². The van der Waals surface area contributed by atoms with Gasteiger partial charge in [0.2, 0.25) is 5.91 Å². The Bertz CT molecular complexity index is 1150. The van der Waals surface area contributed by atoms with Crippen molar-refractivity contribution < 1.29 is 14.3 Å². The molecule has 30 heavy (non-hydrogen) atoms. The smallest absolute Gasteiger partial charge is 0.257 e. The molecule has 2 aromatic carbocycles.